The minimum absolute atomic E-state index is 0.0332. The van der Waals surface area contributed by atoms with Crippen LogP contribution >= 0.6 is 0 Å². The number of carbonyl (C=O) groups is 1. The Balaban J connectivity index is 3.94. The standard InChI is InChI=1S/C10H18O3/c1-9(13)8-10(4-2-6-11)5-3-7-12/h8,11-12H,2-7H2,1H3. The third-order valence-corrected chi connectivity index (χ3v) is 1.72. The summed E-state index contributed by atoms with van der Waals surface area (Å²) < 4.78 is 0. The molecule has 3 heteroatoms. The van der Waals surface area contributed by atoms with E-state index < -0.39 is 0 Å². The van der Waals surface area contributed by atoms with E-state index in [1.165, 1.54) is 6.92 Å². The zero-order valence-corrected chi connectivity index (χ0v) is 8.12. The molecule has 3 nitrogen and oxygen atoms in total. The van der Waals surface area contributed by atoms with E-state index in [2.05, 4.69) is 0 Å². The maximum atomic E-state index is 10.8. The number of allylic oxidation sites excluding steroid dienone is 2. The summed E-state index contributed by atoms with van der Waals surface area (Å²) in [5.41, 5.74) is 1.02. The Morgan fingerprint density at radius 3 is 1.92 bits per heavy atom. The molecule has 0 aliphatic heterocycles. The number of aliphatic hydroxyl groups is 2. The molecule has 0 aromatic carbocycles. The highest BCUT2D eigenvalue weighted by molar-refractivity contribution is 5.87. The van der Waals surface area contributed by atoms with E-state index in [1.54, 1.807) is 6.08 Å². The first kappa shape index (κ1) is 12.3. The number of aliphatic hydroxyl groups excluding tert-OH is 2. The fraction of sp³-hybridized carbons (Fsp3) is 0.700. The van der Waals surface area contributed by atoms with E-state index in [0.29, 0.717) is 12.8 Å². The smallest absolute Gasteiger partial charge is 0.152 e. The Morgan fingerprint density at radius 2 is 1.62 bits per heavy atom. The molecule has 0 aromatic heterocycles. The van der Waals surface area contributed by atoms with E-state index in [0.717, 1.165) is 18.4 Å². The maximum Gasteiger partial charge on any atom is 0.152 e. The van der Waals surface area contributed by atoms with E-state index in [1.807, 2.05) is 0 Å². The van der Waals surface area contributed by atoms with Crippen molar-refractivity contribution in [2.45, 2.75) is 32.6 Å². The molecule has 0 saturated carbocycles. The van der Waals surface area contributed by atoms with Gasteiger partial charge in [0.05, 0.1) is 0 Å². The topological polar surface area (TPSA) is 57.5 Å². The first-order valence-electron chi connectivity index (χ1n) is 4.62. The second kappa shape index (κ2) is 7.95. The summed E-state index contributed by atoms with van der Waals surface area (Å²) in [6.07, 6.45) is 4.46. The number of rotatable bonds is 7. The minimum atomic E-state index is 0.0332. The highest BCUT2D eigenvalue weighted by Crippen LogP contribution is 2.11. The SMILES string of the molecule is CC(=O)C=C(CCCO)CCCO. The van der Waals surface area contributed by atoms with Crippen LogP contribution in [0.3, 0.4) is 0 Å². The van der Waals surface area contributed by atoms with Crippen LogP contribution in [0, 0.1) is 0 Å². The second-order valence-corrected chi connectivity index (χ2v) is 3.07. The Kier molecular flexibility index (Phi) is 7.54. The molecule has 0 spiro atoms. The molecule has 0 aromatic rings. The molecule has 0 aliphatic carbocycles. The third-order valence-electron chi connectivity index (χ3n) is 1.72. The monoisotopic (exact) mass is 186 g/mol. The van der Waals surface area contributed by atoms with Crippen molar-refractivity contribution in [1.82, 2.24) is 0 Å². The van der Waals surface area contributed by atoms with Crippen molar-refractivity contribution in [3.8, 4) is 0 Å². The molecule has 0 atom stereocenters. The van der Waals surface area contributed by atoms with Gasteiger partial charge in [-0.05, 0) is 38.7 Å². The lowest BCUT2D eigenvalue weighted by molar-refractivity contribution is -0.112. The molecule has 0 saturated heterocycles. The summed E-state index contributed by atoms with van der Waals surface area (Å²) in [6.45, 7) is 1.81. The zero-order valence-electron chi connectivity index (χ0n) is 8.12. The van der Waals surface area contributed by atoms with Gasteiger partial charge in [0, 0.05) is 13.2 Å². The Hall–Kier alpha value is -0.670. The van der Waals surface area contributed by atoms with Crippen LogP contribution in [0.2, 0.25) is 0 Å². The van der Waals surface area contributed by atoms with Crippen LogP contribution in [0.25, 0.3) is 0 Å². The molecule has 0 bridgehead atoms. The first-order valence-corrected chi connectivity index (χ1v) is 4.62. The molecule has 0 aliphatic rings. The zero-order chi connectivity index (χ0) is 10.1. The minimum Gasteiger partial charge on any atom is -0.396 e. The summed E-state index contributed by atoms with van der Waals surface area (Å²) in [5.74, 6) is 0.0332. The fourth-order valence-electron chi connectivity index (χ4n) is 1.17. The van der Waals surface area contributed by atoms with Gasteiger partial charge in [0.1, 0.15) is 0 Å². The first-order chi connectivity index (χ1) is 6.20. The fourth-order valence-corrected chi connectivity index (χ4v) is 1.17. The van der Waals surface area contributed by atoms with Crippen LogP contribution in [-0.2, 0) is 4.79 Å². The van der Waals surface area contributed by atoms with Crippen molar-refractivity contribution in [3.63, 3.8) is 0 Å². The molecule has 0 amide bonds. The van der Waals surface area contributed by atoms with Crippen molar-refractivity contribution >= 4 is 5.78 Å². The molecule has 2 N–H and O–H groups in total. The molecule has 0 radical (unpaired) electrons. The Morgan fingerprint density at radius 1 is 1.15 bits per heavy atom. The van der Waals surface area contributed by atoms with E-state index >= 15 is 0 Å². The predicted octanol–water partition coefficient (Wildman–Crippen LogP) is 1.05. The average molecular weight is 186 g/mol. The molecule has 0 unspecified atom stereocenters. The van der Waals surface area contributed by atoms with Gasteiger partial charge in [0.25, 0.3) is 0 Å². The molecule has 76 valence electrons. The summed E-state index contributed by atoms with van der Waals surface area (Å²) in [6, 6.07) is 0. The van der Waals surface area contributed by atoms with Gasteiger partial charge in [0.2, 0.25) is 0 Å². The molecule has 13 heavy (non-hydrogen) atoms. The predicted molar refractivity (Wildman–Crippen MR) is 51.4 cm³/mol. The van der Waals surface area contributed by atoms with Crippen molar-refractivity contribution in [2.75, 3.05) is 13.2 Å². The van der Waals surface area contributed by atoms with Crippen LogP contribution in [0.5, 0.6) is 0 Å². The van der Waals surface area contributed by atoms with Crippen LogP contribution in [0.15, 0.2) is 11.6 Å². The summed E-state index contributed by atoms with van der Waals surface area (Å²) in [5, 5.41) is 17.2. The van der Waals surface area contributed by atoms with Crippen molar-refractivity contribution < 1.29 is 15.0 Å². The van der Waals surface area contributed by atoms with Crippen LogP contribution in [-0.4, -0.2) is 29.2 Å². The van der Waals surface area contributed by atoms with E-state index in [4.69, 9.17) is 10.2 Å². The molecular formula is C10H18O3. The van der Waals surface area contributed by atoms with Gasteiger partial charge in [-0.15, -0.1) is 0 Å². The summed E-state index contributed by atoms with van der Waals surface area (Å²) in [4.78, 5) is 10.8. The van der Waals surface area contributed by atoms with Gasteiger partial charge in [-0.2, -0.15) is 0 Å². The van der Waals surface area contributed by atoms with E-state index in [9.17, 15) is 4.79 Å². The van der Waals surface area contributed by atoms with Gasteiger partial charge in [-0.3, -0.25) is 4.79 Å². The van der Waals surface area contributed by atoms with Gasteiger partial charge < -0.3 is 10.2 Å². The molecule has 0 rings (SSSR count). The van der Waals surface area contributed by atoms with Crippen molar-refractivity contribution in [1.29, 1.82) is 0 Å². The third kappa shape index (κ3) is 7.68. The average Bonchev–Trinajstić information content (AvgIpc) is 2.09. The largest absolute Gasteiger partial charge is 0.396 e. The summed E-state index contributed by atoms with van der Waals surface area (Å²) >= 11 is 0. The van der Waals surface area contributed by atoms with Crippen LogP contribution in [0.1, 0.15) is 32.6 Å². The number of hydrogen-bond acceptors (Lipinski definition) is 3. The molecular weight excluding hydrogens is 168 g/mol. The molecule has 0 fully saturated rings. The van der Waals surface area contributed by atoms with Crippen LogP contribution in [0.4, 0.5) is 0 Å². The van der Waals surface area contributed by atoms with Gasteiger partial charge >= 0.3 is 0 Å². The number of carbonyl (C=O) groups excluding carboxylic acids is 1. The summed E-state index contributed by atoms with van der Waals surface area (Å²) in [7, 11) is 0. The lowest BCUT2D eigenvalue weighted by Crippen LogP contribution is -1.94. The van der Waals surface area contributed by atoms with Gasteiger partial charge in [0.15, 0.2) is 5.78 Å². The number of ketones is 1. The van der Waals surface area contributed by atoms with E-state index in [-0.39, 0.29) is 19.0 Å². The van der Waals surface area contributed by atoms with Gasteiger partial charge in [-0.25, -0.2) is 0 Å². The lowest BCUT2D eigenvalue weighted by atomic mass is 10.0. The highest BCUT2D eigenvalue weighted by atomic mass is 16.3. The van der Waals surface area contributed by atoms with Crippen molar-refractivity contribution in [2.24, 2.45) is 0 Å². The lowest BCUT2D eigenvalue weighted by Gasteiger charge is -2.04. The number of hydrogen-bond donors (Lipinski definition) is 2. The van der Waals surface area contributed by atoms with Crippen molar-refractivity contribution in [3.05, 3.63) is 11.6 Å². The highest BCUT2D eigenvalue weighted by Gasteiger charge is 1.98. The van der Waals surface area contributed by atoms with Crippen LogP contribution < -0.4 is 0 Å². The second-order valence-electron chi connectivity index (χ2n) is 3.07. The molecule has 0 heterocycles. The quantitative estimate of drug-likeness (QED) is 0.584. The normalized spacial score (nSPS) is 9.77. The Labute approximate surface area is 79.1 Å². The van der Waals surface area contributed by atoms with Gasteiger partial charge in [-0.1, -0.05) is 5.57 Å². The maximum absolute atomic E-state index is 10.8. The Bertz CT molecular complexity index is 163.